The largest absolute Gasteiger partial charge is 0.507 e. The second kappa shape index (κ2) is 9.17. The maximum absolute atomic E-state index is 12.4. The molecule has 3 rings (SSSR count). The van der Waals surface area contributed by atoms with Gasteiger partial charge in [-0.05, 0) is 48.9 Å². The molecule has 2 N–H and O–H groups in total. The number of hydrogen-bond acceptors (Lipinski definition) is 5. The number of amides is 1. The van der Waals surface area contributed by atoms with Crippen LogP contribution in [0.5, 0.6) is 11.5 Å². The maximum atomic E-state index is 12.4. The average molecular weight is 463 g/mol. The first-order valence-electron chi connectivity index (χ1n) is 9.33. The number of hydrogen-bond donors (Lipinski definition) is 2. The van der Waals surface area contributed by atoms with Crippen molar-refractivity contribution in [2.75, 3.05) is 37.7 Å². The predicted octanol–water partition coefficient (Wildman–Crippen LogP) is 3.28. The van der Waals surface area contributed by atoms with Crippen LogP contribution < -0.4 is 9.64 Å². The Balaban J connectivity index is 1.48. The number of benzene rings is 2. The zero-order valence-electron chi connectivity index (χ0n) is 16.1. The normalized spacial score (nSPS) is 14.0. The number of aromatic carboxylic acids is 1. The van der Waals surface area contributed by atoms with Crippen molar-refractivity contribution in [3.63, 3.8) is 0 Å². The molecule has 0 unspecified atom stereocenters. The van der Waals surface area contributed by atoms with Crippen LogP contribution in [0, 0.1) is 6.92 Å². The predicted molar refractivity (Wildman–Crippen MR) is 113 cm³/mol. The number of carbonyl (C=O) groups excluding carboxylic acids is 1. The summed E-state index contributed by atoms with van der Waals surface area (Å²) in [7, 11) is 0. The summed E-state index contributed by atoms with van der Waals surface area (Å²) < 4.78 is 6.70. The first-order chi connectivity index (χ1) is 13.8. The smallest absolute Gasteiger partial charge is 0.339 e. The fraction of sp³-hybridized carbons (Fsp3) is 0.333. The molecule has 1 heterocycles. The Labute approximate surface area is 177 Å². The topological polar surface area (TPSA) is 90.3 Å². The maximum Gasteiger partial charge on any atom is 0.339 e. The highest BCUT2D eigenvalue weighted by atomic mass is 79.9. The number of anilines is 1. The number of carbonyl (C=O) groups is 2. The number of aryl methyl sites for hydroxylation is 1. The van der Waals surface area contributed by atoms with Crippen molar-refractivity contribution >= 4 is 33.5 Å². The standard InChI is InChI=1S/C21H23BrN2O5/c1-14-12-16(3-4-18(14)22)29-11-6-20(26)24-9-7-23(8-10-24)15-2-5-19(25)17(13-15)21(27)28/h2-5,12-13,25H,6-11H2,1H3,(H,27,28). The molecule has 29 heavy (non-hydrogen) atoms. The van der Waals surface area contributed by atoms with E-state index in [9.17, 15) is 14.7 Å². The van der Waals surface area contributed by atoms with Gasteiger partial charge in [-0.15, -0.1) is 0 Å². The van der Waals surface area contributed by atoms with Gasteiger partial charge >= 0.3 is 5.97 Å². The van der Waals surface area contributed by atoms with Crippen LogP contribution in [0.1, 0.15) is 22.3 Å². The van der Waals surface area contributed by atoms with E-state index in [1.807, 2.05) is 30.0 Å². The molecule has 0 atom stereocenters. The minimum atomic E-state index is -1.17. The molecule has 0 spiro atoms. The molecule has 1 aliphatic heterocycles. The summed E-state index contributed by atoms with van der Waals surface area (Å²) in [6, 6.07) is 10.2. The van der Waals surface area contributed by atoms with Crippen LogP contribution >= 0.6 is 15.9 Å². The molecule has 1 fully saturated rings. The van der Waals surface area contributed by atoms with Crippen molar-refractivity contribution in [3.8, 4) is 11.5 Å². The number of piperazine rings is 1. The van der Waals surface area contributed by atoms with E-state index in [0.717, 1.165) is 21.5 Å². The fourth-order valence-electron chi connectivity index (χ4n) is 3.23. The lowest BCUT2D eigenvalue weighted by atomic mass is 10.1. The van der Waals surface area contributed by atoms with Crippen LogP contribution in [0.3, 0.4) is 0 Å². The monoisotopic (exact) mass is 462 g/mol. The van der Waals surface area contributed by atoms with Crippen LogP contribution in [0.15, 0.2) is 40.9 Å². The molecule has 1 amide bonds. The van der Waals surface area contributed by atoms with E-state index in [-0.39, 0.29) is 17.2 Å². The summed E-state index contributed by atoms with van der Waals surface area (Å²) in [6.45, 7) is 4.61. The Morgan fingerprint density at radius 1 is 1.10 bits per heavy atom. The third-order valence-corrected chi connectivity index (χ3v) is 5.81. The lowest BCUT2D eigenvalue weighted by Crippen LogP contribution is -2.49. The summed E-state index contributed by atoms with van der Waals surface area (Å²) in [6.07, 6.45) is 0.303. The highest BCUT2D eigenvalue weighted by Crippen LogP contribution is 2.25. The molecule has 7 nitrogen and oxygen atoms in total. The van der Waals surface area contributed by atoms with Crippen molar-refractivity contribution in [1.29, 1.82) is 0 Å². The zero-order chi connectivity index (χ0) is 21.0. The molecule has 154 valence electrons. The molecule has 1 aliphatic rings. The molecule has 8 heteroatoms. The Hall–Kier alpha value is -2.74. The van der Waals surface area contributed by atoms with Crippen LogP contribution in [-0.4, -0.2) is 59.8 Å². The molecular weight excluding hydrogens is 440 g/mol. The van der Waals surface area contributed by atoms with Gasteiger partial charge in [-0.25, -0.2) is 4.79 Å². The van der Waals surface area contributed by atoms with Gasteiger partial charge in [0.1, 0.15) is 17.1 Å². The van der Waals surface area contributed by atoms with Gasteiger partial charge in [-0.3, -0.25) is 4.79 Å². The van der Waals surface area contributed by atoms with Crippen molar-refractivity contribution in [3.05, 3.63) is 52.0 Å². The SMILES string of the molecule is Cc1cc(OCCC(=O)N2CCN(c3ccc(O)c(C(=O)O)c3)CC2)ccc1Br. The molecule has 0 saturated carbocycles. The molecule has 0 aromatic heterocycles. The van der Waals surface area contributed by atoms with Crippen molar-refractivity contribution in [2.24, 2.45) is 0 Å². The van der Waals surface area contributed by atoms with Gasteiger partial charge in [0, 0.05) is 36.3 Å². The van der Waals surface area contributed by atoms with E-state index in [0.29, 0.717) is 39.2 Å². The highest BCUT2D eigenvalue weighted by Gasteiger charge is 2.22. The molecule has 2 aromatic rings. The summed E-state index contributed by atoms with van der Waals surface area (Å²) >= 11 is 3.45. The Bertz CT molecular complexity index is 910. The number of carboxylic acids is 1. The third kappa shape index (κ3) is 5.20. The number of nitrogens with zero attached hydrogens (tertiary/aromatic N) is 2. The van der Waals surface area contributed by atoms with Crippen molar-refractivity contribution in [2.45, 2.75) is 13.3 Å². The summed E-state index contributed by atoms with van der Waals surface area (Å²) in [5.41, 5.74) is 1.67. The Kier molecular flexibility index (Phi) is 6.64. The molecule has 2 aromatic carbocycles. The first kappa shape index (κ1) is 21.0. The minimum Gasteiger partial charge on any atom is -0.507 e. The molecule has 0 aliphatic carbocycles. The molecule has 0 radical (unpaired) electrons. The van der Waals surface area contributed by atoms with Gasteiger partial charge in [-0.1, -0.05) is 15.9 Å². The van der Waals surface area contributed by atoms with Gasteiger partial charge < -0.3 is 24.7 Å². The Morgan fingerprint density at radius 3 is 2.48 bits per heavy atom. The lowest BCUT2D eigenvalue weighted by Gasteiger charge is -2.36. The number of rotatable bonds is 6. The van der Waals surface area contributed by atoms with Crippen molar-refractivity contribution < 1.29 is 24.5 Å². The number of aromatic hydroxyl groups is 1. The number of phenols is 1. The summed E-state index contributed by atoms with van der Waals surface area (Å²) in [5, 5.41) is 18.8. The minimum absolute atomic E-state index is 0.0374. The fourth-order valence-corrected chi connectivity index (χ4v) is 3.47. The van der Waals surface area contributed by atoms with E-state index in [4.69, 9.17) is 9.84 Å². The molecular formula is C21H23BrN2O5. The number of ether oxygens (including phenoxy) is 1. The Morgan fingerprint density at radius 2 is 1.83 bits per heavy atom. The van der Waals surface area contributed by atoms with E-state index >= 15 is 0 Å². The second-order valence-electron chi connectivity index (χ2n) is 6.88. The lowest BCUT2D eigenvalue weighted by molar-refractivity contribution is -0.132. The second-order valence-corrected chi connectivity index (χ2v) is 7.74. The number of carboxylic acid groups (broad SMARTS) is 1. The van der Waals surface area contributed by atoms with Crippen LogP contribution in [0.4, 0.5) is 5.69 Å². The van der Waals surface area contributed by atoms with E-state index in [1.54, 1.807) is 11.0 Å². The third-order valence-electron chi connectivity index (χ3n) is 4.92. The zero-order valence-corrected chi connectivity index (χ0v) is 17.7. The van der Waals surface area contributed by atoms with Gasteiger partial charge in [-0.2, -0.15) is 0 Å². The number of halogens is 1. The van der Waals surface area contributed by atoms with E-state index in [1.165, 1.54) is 12.1 Å². The van der Waals surface area contributed by atoms with Crippen molar-refractivity contribution in [1.82, 2.24) is 4.90 Å². The van der Waals surface area contributed by atoms with Crippen LogP contribution in [-0.2, 0) is 4.79 Å². The van der Waals surface area contributed by atoms with Gasteiger partial charge in [0.15, 0.2) is 0 Å². The highest BCUT2D eigenvalue weighted by molar-refractivity contribution is 9.10. The quantitative estimate of drug-likeness (QED) is 0.684. The molecule has 0 bridgehead atoms. The molecule has 1 saturated heterocycles. The summed E-state index contributed by atoms with van der Waals surface area (Å²) in [4.78, 5) is 27.4. The summed E-state index contributed by atoms with van der Waals surface area (Å²) in [5.74, 6) is -0.643. The van der Waals surface area contributed by atoms with Gasteiger partial charge in [0.2, 0.25) is 5.91 Å². The van der Waals surface area contributed by atoms with Crippen LogP contribution in [0.2, 0.25) is 0 Å². The van der Waals surface area contributed by atoms with E-state index < -0.39 is 5.97 Å². The van der Waals surface area contributed by atoms with Gasteiger partial charge in [0.25, 0.3) is 0 Å². The average Bonchev–Trinajstić information content (AvgIpc) is 2.71. The van der Waals surface area contributed by atoms with E-state index in [2.05, 4.69) is 15.9 Å². The first-order valence-corrected chi connectivity index (χ1v) is 10.1. The van der Waals surface area contributed by atoms with Gasteiger partial charge in [0.05, 0.1) is 13.0 Å². The van der Waals surface area contributed by atoms with Crippen LogP contribution in [0.25, 0.3) is 0 Å².